The van der Waals surface area contributed by atoms with E-state index < -0.39 is 52.0 Å². The Labute approximate surface area is 268 Å². The van der Waals surface area contributed by atoms with E-state index in [-0.39, 0.29) is 44.0 Å². The third-order valence-electron chi connectivity index (χ3n) is 11.9. The molecule has 4 unspecified atom stereocenters. The molecule has 6 rings (SSSR count). The fourth-order valence-corrected chi connectivity index (χ4v) is 9.45. The zero-order chi connectivity index (χ0) is 32.8. The smallest absolute Gasteiger partial charge is 0.312 e. The first-order valence-corrected chi connectivity index (χ1v) is 17.4. The minimum absolute atomic E-state index is 0.0319. The highest BCUT2D eigenvalue weighted by molar-refractivity contribution is 5.83. The van der Waals surface area contributed by atoms with Gasteiger partial charge in [0.05, 0.1) is 29.8 Å². The van der Waals surface area contributed by atoms with Crippen LogP contribution in [-0.4, -0.2) is 53.6 Å². The first kappa shape index (κ1) is 33.9. The molecule has 0 N–H and O–H groups in total. The van der Waals surface area contributed by atoms with Crippen LogP contribution in [0.4, 0.5) is 0 Å². The number of carbonyl (C=O) groups is 5. The number of rotatable bonds is 11. The molecule has 0 aromatic heterocycles. The molecular formula is C36H54O9. The van der Waals surface area contributed by atoms with Crippen LogP contribution in [0.5, 0.6) is 0 Å². The van der Waals surface area contributed by atoms with Crippen LogP contribution in [0.25, 0.3) is 0 Å². The molecule has 1 heterocycles. The average molecular weight is 631 g/mol. The van der Waals surface area contributed by atoms with E-state index in [1.165, 1.54) is 6.42 Å². The maximum atomic E-state index is 14.1. The Bertz CT molecular complexity index is 1160. The Hall–Kier alpha value is -2.45. The number of Topliss-reactive ketones (excluding diaryl/α,β-unsaturated/α-hetero) is 1. The zero-order valence-corrected chi connectivity index (χ0v) is 28.2. The van der Waals surface area contributed by atoms with E-state index >= 15 is 0 Å². The van der Waals surface area contributed by atoms with Crippen LogP contribution in [0.2, 0.25) is 0 Å². The van der Waals surface area contributed by atoms with Gasteiger partial charge in [0.25, 0.3) is 0 Å². The predicted molar refractivity (Wildman–Crippen MR) is 164 cm³/mol. The lowest BCUT2D eigenvalue weighted by Gasteiger charge is -2.59. The van der Waals surface area contributed by atoms with Crippen molar-refractivity contribution in [2.24, 2.45) is 40.4 Å². The number of hydrogen-bond donors (Lipinski definition) is 0. The Morgan fingerprint density at radius 3 is 2.18 bits per heavy atom. The van der Waals surface area contributed by atoms with Gasteiger partial charge in [-0.2, -0.15) is 0 Å². The summed E-state index contributed by atoms with van der Waals surface area (Å²) in [7, 11) is 0. The normalized spacial score (nSPS) is 36.4. The molecule has 4 atom stereocenters. The second-order valence-electron chi connectivity index (χ2n) is 16.5. The van der Waals surface area contributed by atoms with Crippen molar-refractivity contribution in [2.45, 2.75) is 149 Å². The lowest BCUT2D eigenvalue weighted by molar-refractivity contribution is -0.208. The van der Waals surface area contributed by atoms with Gasteiger partial charge >= 0.3 is 23.9 Å². The molecule has 0 radical (unpaired) electrons. The third-order valence-corrected chi connectivity index (χ3v) is 11.9. The van der Waals surface area contributed by atoms with Crippen molar-refractivity contribution < 1.29 is 42.9 Å². The lowest BCUT2D eigenvalue weighted by atomic mass is 9.50. The zero-order valence-electron chi connectivity index (χ0n) is 28.2. The molecule has 0 aromatic carbocycles. The maximum Gasteiger partial charge on any atom is 0.312 e. The molecule has 252 valence electrons. The van der Waals surface area contributed by atoms with Crippen molar-refractivity contribution in [1.29, 1.82) is 0 Å². The molecule has 0 aromatic rings. The molecular weight excluding hydrogens is 576 g/mol. The van der Waals surface area contributed by atoms with Crippen LogP contribution in [0.3, 0.4) is 0 Å². The van der Waals surface area contributed by atoms with Crippen molar-refractivity contribution in [3.8, 4) is 0 Å². The Morgan fingerprint density at radius 2 is 1.60 bits per heavy atom. The second-order valence-corrected chi connectivity index (χ2v) is 16.5. The maximum absolute atomic E-state index is 14.1. The Balaban J connectivity index is 1.34. The van der Waals surface area contributed by atoms with Crippen LogP contribution in [0, 0.1) is 40.4 Å². The minimum Gasteiger partial charge on any atom is -0.465 e. The topological polar surface area (TPSA) is 122 Å². The van der Waals surface area contributed by atoms with Gasteiger partial charge in [0.1, 0.15) is 23.1 Å². The quantitative estimate of drug-likeness (QED) is 0.192. The third kappa shape index (κ3) is 7.27. The minimum atomic E-state index is -1.24. The van der Waals surface area contributed by atoms with E-state index in [4.69, 9.17) is 18.9 Å². The molecule has 0 spiro atoms. The lowest BCUT2D eigenvalue weighted by Crippen LogP contribution is -2.58. The van der Waals surface area contributed by atoms with Crippen LogP contribution in [-0.2, 0) is 42.9 Å². The van der Waals surface area contributed by atoms with E-state index in [1.807, 2.05) is 6.92 Å². The molecule has 4 bridgehead atoms. The van der Waals surface area contributed by atoms with Crippen molar-refractivity contribution in [2.75, 3.05) is 6.61 Å². The molecule has 9 nitrogen and oxygen atoms in total. The van der Waals surface area contributed by atoms with Gasteiger partial charge < -0.3 is 18.9 Å². The molecule has 6 fully saturated rings. The van der Waals surface area contributed by atoms with E-state index in [0.29, 0.717) is 43.9 Å². The predicted octanol–water partition coefficient (Wildman–Crippen LogP) is 6.28. The summed E-state index contributed by atoms with van der Waals surface area (Å²) in [6, 6.07) is 0. The number of esters is 4. The van der Waals surface area contributed by atoms with Gasteiger partial charge in [-0.05, 0) is 122 Å². The van der Waals surface area contributed by atoms with Crippen molar-refractivity contribution in [1.82, 2.24) is 0 Å². The molecule has 0 amide bonds. The van der Waals surface area contributed by atoms with E-state index in [2.05, 4.69) is 6.92 Å². The first-order chi connectivity index (χ1) is 21.0. The SMILES string of the molecule is CCC(CC(C)(CC(C)(C)C(=O)OC1(C)CCOC(=O)C1)C(=O)OC1CCCC(=O)C1)C(=O)OC1(C)C2CC3CC(C2)CC1C3. The second kappa shape index (κ2) is 12.6. The standard InChI is InChI=1S/C36H54O9/c1-7-24(30(39)44-36(6)25-14-22-13-23(16-25)17-26(36)15-22)19-34(4,32(41)43-28-10-8-9-27(37)18-28)21-33(2,3)31(40)45-35(5)11-12-42-29(38)20-35/h22-26,28H,7-21H2,1-6H3. The molecule has 9 heteroatoms. The van der Waals surface area contributed by atoms with Crippen LogP contribution >= 0.6 is 0 Å². The van der Waals surface area contributed by atoms with Crippen LogP contribution in [0.15, 0.2) is 0 Å². The number of carbonyl (C=O) groups excluding carboxylic acids is 5. The molecule has 6 aliphatic rings. The summed E-state index contributed by atoms with van der Waals surface area (Å²) in [6.45, 7) is 11.2. The van der Waals surface area contributed by atoms with Gasteiger partial charge in [0.15, 0.2) is 0 Å². The van der Waals surface area contributed by atoms with Gasteiger partial charge in [-0.25, -0.2) is 0 Å². The fourth-order valence-electron chi connectivity index (χ4n) is 9.45. The van der Waals surface area contributed by atoms with Gasteiger partial charge in [-0.1, -0.05) is 6.92 Å². The summed E-state index contributed by atoms with van der Waals surface area (Å²) < 4.78 is 23.4. The van der Waals surface area contributed by atoms with Crippen LogP contribution in [0.1, 0.15) is 131 Å². The highest BCUT2D eigenvalue weighted by Crippen LogP contribution is 2.59. The summed E-state index contributed by atoms with van der Waals surface area (Å²) in [5, 5.41) is 0. The van der Waals surface area contributed by atoms with Crippen molar-refractivity contribution in [3.63, 3.8) is 0 Å². The number of ether oxygens (including phenoxy) is 4. The number of cyclic esters (lactones) is 1. The van der Waals surface area contributed by atoms with Gasteiger partial charge in [0, 0.05) is 19.3 Å². The molecule has 1 aliphatic heterocycles. The highest BCUT2D eigenvalue weighted by Gasteiger charge is 2.58. The Kier molecular flexibility index (Phi) is 9.51. The van der Waals surface area contributed by atoms with E-state index in [0.717, 1.165) is 37.5 Å². The van der Waals surface area contributed by atoms with Gasteiger partial charge in [0.2, 0.25) is 0 Å². The number of ketones is 1. The molecule has 5 saturated carbocycles. The molecule has 1 saturated heterocycles. The van der Waals surface area contributed by atoms with E-state index in [9.17, 15) is 24.0 Å². The fraction of sp³-hybridized carbons (Fsp3) is 0.861. The Morgan fingerprint density at radius 1 is 0.956 bits per heavy atom. The van der Waals surface area contributed by atoms with Gasteiger partial charge in [-0.15, -0.1) is 0 Å². The van der Waals surface area contributed by atoms with Crippen molar-refractivity contribution in [3.05, 3.63) is 0 Å². The summed E-state index contributed by atoms with van der Waals surface area (Å²) in [4.78, 5) is 65.8. The monoisotopic (exact) mass is 630 g/mol. The molecule has 45 heavy (non-hydrogen) atoms. The highest BCUT2D eigenvalue weighted by atomic mass is 16.6. The largest absolute Gasteiger partial charge is 0.465 e. The van der Waals surface area contributed by atoms with Crippen molar-refractivity contribution >= 4 is 29.7 Å². The first-order valence-electron chi connectivity index (χ1n) is 17.4. The summed E-state index contributed by atoms with van der Waals surface area (Å²) >= 11 is 0. The summed E-state index contributed by atoms with van der Waals surface area (Å²) in [6.07, 6.45) is 8.25. The van der Waals surface area contributed by atoms with E-state index in [1.54, 1.807) is 27.7 Å². The number of hydrogen-bond acceptors (Lipinski definition) is 9. The van der Waals surface area contributed by atoms with Crippen LogP contribution < -0.4 is 0 Å². The summed E-state index contributed by atoms with van der Waals surface area (Å²) in [5.74, 6) is 0.0136. The van der Waals surface area contributed by atoms with Gasteiger partial charge in [-0.3, -0.25) is 24.0 Å². The average Bonchev–Trinajstić information content (AvgIpc) is 2.93. The molecule has 5 aliphatic carbocycles. The summed E-state index contributed by atoms with van der Waals surface area (Å²) in [5.41, 5.74) is -3.86.